The highest BCUT2D eigenvalue weighted by atomic mass is 19.2. The van der Waals surface area contributed by atoms with E-state index in [2.05, 4.69) is 19.1 Å². The van der Waals surface area contributed by atoms with E-state index in [1.807, 2.05) is 12.1 Å². The molecule has 0 radical (unpaired) electrons. The fraction of sp³-hybridized carbons (Fsp3) is 0.429. The summed E-state index contributed by atoms with van der Waals surface area (Å²) in [4.78, 5) is 0. The van der Waals surface area contributed by atoms with Gasteiger partial charge in [0.1, 0.15) is 12.4 Å². The van der Waals surface area contributed by atoms with E-state index in [0.29, 0.717) is 11.7 Å². The number of halogens is 2. The molecule has 2 aromatic rings. The summed E-state index contributed by atoms with van der Waals surface area (Å²) in [6.45, 7) is 2.29. The van der Waals surface area contributed by atoms with Crippen LogP contribution in [-0.2, 0) is 6.61 Å². The van der Waals surface area contributed by atoms with Crippen LogP contribution in [0.1, 0.15) is 49.7 Å². The van der Waals surface area contributed by atoms with Gasteiger partial charge in [-0.1, -0.05) is 31.9 Å². The molecule has 0 aliphatic heterocycles. The van der Waals surface area contributed by atoms with E-state index in [4.69, 9.17) is 9.47 Å². The van der Waals surface area contributed by atoms with E-state index < -0.39 is 11.6 Å². The quantitative estimate of drug-likeness (QED) is 0.676. The van der Waals surface area contributed by atoms with Crippen LogP contribution >= 0.6 is 0 Å². The average Bonchev–Trinajstić information content (AvgIpc) is 2.64. The molecule has 1 saturated carbocycles. The Morgan fingerprint density at radius 1 is 0.920 bits per heavy atom. The minimum atomic E-state index is -0.981. The summed E-state index contributed by atoms with van der Waals surface area (Å²) in [7, 11) is 1.31. The van der Waals surface area contributed by atoms with Gasteiger partial charge in [0, 0.05) is 5.56 Å². The van der Waals surface area contributed by atoms with Gasteiger partial charge < -0.3 is 9.47 Å². The van der Waals surface area contributed by atoms with Crippen LogP contribution in [0, 0.1) is 17.6 Å². The summed E-state index contributed by atoms with van der Waals surface area (Å²) in [5.41, 5.74) is 1.50. The first-order valence-corrected chi connectivity index (χ1v) is 8.82. The number of ether oxygens (including phenoxy) is 2. The Morgan fingerprint density at radius 2 is 1.60 bits per heavy atom. The Balaban J connectivity index is 1.62. The molecule has 0 amide bonds. The Labute approximate surface area is 147 Å². The van der Waals surface area contributed by atoms with Crippen molar-refractivity contribution in [2.24, 2.45) is 5.92 Å². The second-order valence-corrected chi connectivity index (χ2v) is 6.87. The first-order valence-electron chi connectivity index (χ1n) is 8.82. The van der Waals surface area contributed by atoms with Crippen molar-refractivity contribution in [1.82, 2.24) is 0 Å². The van der Waals surface area contributed by atoms with Crippen LogP contribution < -0.4 is 9.47 Å². The fourth-order valence-electron chi connectivity index (χ4n) is 3.43. The molecular weight excluding hydrogens is 322 g/mol. The molecule has 0 bridgehead atoms. The Kier molecular flexibility index (Phi) is 5.57. The molecule has 134 valence electrons. The normalized spacial score (nSPS) is 20.3. The van der Waals surface area contributed by atoms with Crippen LogP contribution in [0.4, 0.5) is 8.78 Å². The first-order chi connectivity index (χ1) is 12.1. The van der Waals surface area contributed by atoms with E-state index in [1.165, 1.54) is 50.5 Å². The molecule has 3 rings (SSSR count). The smallest absolute Gasteiger partial charge is 0.201 e. The van der Waals surface area contributed by atoms with Gasteiger partial charge >= 0.3 is 0 Å². The van der Waals surface area contributed by atoms with Crippen LogP contribution in [0.15, 0.2) is 36.4 Å². The third kappa shape index (κ3) is 4.12. The van der Waals surface area contributed by atoms with Crippen molar-refractivity contribution in [2.75, 3.05) is 7.11 Å². The molecule has 0 unspecified atom stereocenters. The molecule has 1 aliphatic rings. The van der Waals surface area contributed by atoms with E-state index >= 15 is 0 Å². The molecular formula is C21H24F2O2. The summed E-state index contributed by atoms with van der Waals surface area (Å²) in [6.07, 6.45) is 5.03. The highest BCUT2D eigenvalue weighted by Gasteiger charge is 2.19. The maximum atomic E-state index is 14.0. The zero-order chi connectivity index (χ0) is 17.8. The second kappa shape index (κ2) is 7.85. The lowest BCUT2D eigenvalue weighted by molar-refractivity contribution is 0.294. The average molecular weight is 346 g/mol. The summed E-state index contributed by atoms with van der Waals surface area (Å²) in [5.74, 6) is 0.103. The largest absolute Gasteiger partial charge is 0.494 e. The van der Waals surface area contributed by atoms with Crippen LogP contribution in [0.3, 0.4) is 0 Å². The predicted molar refractivity (Wildman–Crippen MR) is 94.1 cm³/mol. The lowest BCUT2D eigenvalue weighted by atomic mass is 9.79. The van der Waals surface area contributed by atoms with Gasteiger partial charge in [0.15, 0.2) is 11.6 Å². The molecule has 0 heterocycles. The van der Waals surface area contributed by atoms with E-state index in [9.17, 15) is 8.78 Å². The molecule has 2 nitrogen and oxygen atoms in total. The van der Waals surface area contributed by atoms with E-state index in [-0.39, 0.29) is 17.9 Å². The Morgan fingerprint density at radius 3 is 2.24 bits per heavy atom. The van der Waals surface area contributed by atoms with Crippen molar-refractivity contribution in [3.63, 3.8) is 0 Å². The molecule has 4 heteroatoms. The summed E-state index contributed by atoms with van der Waals surface area (Å²) < 4.78 is 38.1. The maximum Gasteiger partial charge on any atom is 0.201 e. The molecule has 0 atom stereocenters. The van der Waals surface area contributed by atoms with Crippen molar-refractivity contribution < 1.29 is 18.3 Å². The fourth-order valence-corrected chi connectivity index (χ4v) is 3.43. The van der Waals surface area contributed by atoms with Crippen molar-refractivity contribution >= 4 is 0 Å². The zero-order valence-electron chi connectivity index (χ0n) is 14.7. The molecule has 0 N–H and O–H groups in total. The lowest BCUT2D eigenvalue weighted by Crippen LogP contribution is -2.10. The van der Waals surface area contributed by atoms with Crippen LogP contribution in [0.25, 0.3) is 0 Å². The molecule has 1 aliphatic carbocycles. The van der Waals surface area contributed by atoms with Gasteiger partial charge in [-0.15, -0.1) is 0 Å². The minimum Gasteiger partial charge on any atom is -0.494 e. The topological polar surface area (TPSA) is 18.5 Å². The third-order valence-electron chi connectivity index (χ3n) is 5.11. The van der Waals surface area contributed by atoms with Gasteiger partial charge in [-0.25, -0.2) is 4.39 Å². The standard InChI is InChI=1S/C21H24F2O2/c1-14-3-5-15(6-4-14)16-7-10-18(11-8-16)25-13-17-9-12-19(24-2)21(23)20(17)22/h7-12,14-15H,3-6,13H2,1-2H3. The lowest BCUT2D eigenvalue weighted by Gasteiger charge is -2.26. The summed E-state index contributed by atoms with van der Waals surface area (Å²) in [6, 6.07) is 10.9. The predicted octanol–water partition coefficient (Wildman–Crippen LogP) is 5.85. The van der Waals surface area contributed by atoms with Crippen molar-refractivity contribution in [3.05, 3.63) is 59.2 Å². The van der Waals surface area contributed by atoms with Gasteiger partial charge in [-0.3, -0.25) is 0 Å². The zero-order valence-corrected chi connectivity index (χ0v) is 14.7. The molecule has 0 spiro atoms. The van der Waals surface area contributed by atoms with Crippen LogP contribution in [-0.4, -0.2) is 7.11 Å². The molecule has 0 aromatic heterocycles. The number of methoxy groups -OCH3 is 1. The molecule has 25 heavy (non-hydrogen) atoms. The van der Waals surface area contributed by atoms with Crippen molar-refractivity contribution in [1.29, 1.82) is 0 Å². The second-order valence-electron chi connectivity index (χ2n) is 6.87. The maximum absolute atomic E-state index is 14.0. The van der Waals surface area contributed by atoms with Crippen molar-refractivity contribution in [2.45, 2.75) is 45.1 Å². The van der Waals surface area contributed by atoms with E-state index in [1.54, 1.807) is 0 Å². The molecule has 1 fully saturated rings. The van der Waals surface area contributed by atoms with Gasteiger partial charge in [-0.2, -0.15) is 4.39 Å². The summed E-state index contributed by atoms with van der Waals surface area (Å²) >= 11 is 0. The van der Waals surface area contributed by atoms with Crippen LogP contribution in [0.2, 0.25) is 0 Å². The van der Waals surface area contributed by atoms with Crippen LogP contribution in [0.5, 0.6) is 11.5 Å². The van der Waals surface area contributed by atoms with Crippen molar-refractivity contribution in [3.8, 4) is 11.5 Å². The number of benzene rings is 2. The summed E-state index contributed by atoms with van der Waals surface area (Å²) in [5, 5.41) is 0. The Hall–Kier alpha value is -2.10. The van der Waals surface area contributed by atoms with Gasteiger partial charge in [0.05, 0.1) is 7.11 Å². The van der Waals surface area contributed by atoms with Gasteiger partial charge in [-0.05, 0) is 54.5 Å². The monoisotopic (exact) mass is 346 g/mol. The molecule has 2 aromatic carbocycles. The highest BCUT2D eigenvalue weighted by molar-refractivity contribution is 5.32. The third-order valence-corrected chi connectivity index (χ3v) is 5.11. The van der Waals surface area contributed by atoms with Gasteiger partial charge in [0.25, 0.3) is 0 Å². The number of hydrogen-bond donors (Lipinski definition) is 0. The Bertz CT molecular complexity index is 705. The minimum absolute atomic E-state index is 0.0208. The highest BCUT2D eigenvalue weighted by Crippen LogP contribution is 2.36. The first kappa shape index (κ1) is 17.7. The van der Waals surface area contributed by atoms with E-state index in [0.717, 1.165) is 5.92 Å². The number of rotatable bonds is 5. The van der Waals surface area contributed by atoms with Gasteiger partial charge in [0.2, 0.25) is 5.82 Å². The molecule has 0 saturated heterocycles. The SMILES string of the molecule is COc1ccc(COc2ccc(C3CCC(C)CC3)cc2)c(F)c1F. The number of hydrogen-bond acceptors (Lipinski definition) is 2.